The van der Waals surface area contributed by atoms with Crippen LogP contribution >= 0.6 is 11.6 Å². The fourth-order valence-electron chi connectivity index (χ4n) is 2.39. The van der Waals surface area contributed by atoms with Crippen molar-refractivity contribution < 1.29 is 4.79 Å². The maximum Gasteiger partial charge on any atom is 0.242 e. The Bertz CT molecular complexity index is 453. The van der Waals surface area contributed by atoms with Gasteiger partial charge in [0.05, 0.1) is 11.4 Å². The summed E-state index contributed by atoms with van der Waals surface area (Å²) < 4.78 is 0. The molecule has 1 unspecified atom stereocenters. The van der Waals surface area contributed by atoms with E-state index in [1.54, 1.807) is 6.92 Å². The second kappa shape index (κ2) is 6.29. The van der Waals surface area contributed by atoms with Crippen LogP contribution < -0.4 is 10.2 Å². The predicted molar refractivity (Wildman–Crippen MR) is 81.2 cm³/mol. The molecule has 4 heteroatoms. The first-order chi connectivity index (χ1) is 9.08. The van der Waals surface area contributed by atoms with Crippen molar-refractivity contribution in [1.82, 2.24) is 0 Å². The number of aryl methyl sites for hydroxylation is 1. The number of anilines is 2. The molecule has 0 aliphatic carbocycles. The number of carbonyl (C=O) groups excluding carboxylic acids is 1. The zero-order valence-corrected chi connectivity index (χ0v) is 12.3. The maximum absolute atomic E-state index is 11.8. The molecule has 1 atom stereocenters. The van der Waals surface area contributed by atoms with Crippen LogP contribution in [0, 0.1) is 6.92 Å². The topological polar surface area (TPSA) is 32.3 Å². The zero-order valence-electron chi connectivity index (χ0n) is 11.6. The number of halogens is 1. The number of nitrogens with one attached hydrogen (secondary N) is 1. The lowest BCUT2D eigenvalue weighted by Crippen LogP contribution is -2.31. The predicted octanol–water partition coefficient (Wildman–Crippen LogP) is 3.55. The zero-order chi connectivity index (χ0) is 13.8. The molecular formula is C15H21ClN2O. The van der Waals surface area contributed by atoms with Crippen molar-refractivity contribution >= 4 is 28.9 Å². The lowest BCUT2D eigenvalue weighted by atomic mass is 10.1. The number of alkyl halides is 1. The molecule has 2 rings (SSSR count). The first-order valence-corrected chi connectivity index (χ1v) is 7.32. The fourth-order valence-corrected chi connectivity index (χ4v) is 2.45. The number of carbonyl (C=O) groups is 1. The van der Waals surface area contributed by atoms with Crippen LogP contribution in [-0.2, 0) is 4.79 Å². The van der Waals surface area contributed by atoms with Gasteiger partial charge in [0.25, 0.3) is 0 Å². The van der Waals surface area contributed by atoms with Crippen LogP contribution in [0.15, 0.2) is 18.2 Å². The highest BCUT2D eigenvalue weighted by atomic mass is 35.5. The van der Waals surface area contributed by atoms with Crippen molar-refractivity contribution in [2.24, 2.45) is 0 Å². The van der Waals surface area contributed by atoms with Crippen LogP contribution in [0.2, 0.25) is 0 Å². The Labute approximate surface area is 119 Å². The van der Waals surface area contributed by atoms with Crippen molar-refractivity contribution in [3.63, 3.8) is 0 Å². The Morgan fingerprint density at radius 2 is 2.00 bits per heavy atom. The highest BCUT2D eigenvalue weighted by Gasteiger charge is 2.17. The van der Waals surface area contributed by atoms with Gasteiger partial charge in [0.15, 0.2) is 0 Å². The van der Waals surface area contributed by atoms with E-state index in [0.717, 1.165) is 30.0 Å². The van der Waals surface area contributed by atoms with Crippen LogP contribution in [0.1, 0.15) is 31.7 Å². The molecular weight excluding hydrogens is 260 g/mol. The molecule has 1 aromatic rings. The third-order valence-corrected chi connectivity index (χ3v) is 3.67. The molecule has 0 radical (unpaired) electrons. The number of rotatable bonds is 3. The minimum absolute atomic E-state index is 0.148. The Morgan fingerprint density at radius 3 is 2.63 bits per heavy atom. The van der Waals surface area contributed by atoms with Gasteiger partial charge in [-0.15, -0.1) is 11.6 Å². The minimum atomic E-state index is -0.519. The smallest absolute Gasteiger partial charge is 0.242 e. The summed E-state index contributed by atoms with van der Waals surface area (Å²) in [6.07, 6.45) is 3.73. The van der Waals surface area contributed by atoms with Gasteiger partial charge in [0, 0.05) is 13.1 Å². The quantitative estimate of drug-likeness (QED) is 0.859. The van der Waals surface area contributed by atoms with E-state index in [2.05, 4.69) is 22.3 Å². The molecule has 1 aliphatic rings. The first-order valence-electron chi connectivity index (χ1n) is 6.88. The summed E-state index contributed by atoms with van der Waals surface area (Å²) in [7, 11) is 0. The van der Waals surface area contributed by atoms with Crippen LogP contribution in [0.25, 0.3) is 0 Å². The Balaban J connectivity index is 2.24. The number of hydrogen-bond acceptors (Lipinski definition) is 2. The van der Waals surface area contributed by atoms with Gasteiger partial charge in [0.2, 0.25) is 5.91 Å². The molecule has 0 spiro atoms. The molecule has 1 fully saturated rings. The molecule has 104 valence electrons. The van der Waals surface area contributed by atoms with Crippen LogP contribution in [0.4, 0.5) is 11.4 Å². The molecule has 1 N–H and O–H groups in total. The van der Waals surface area contributed by atoms with Crippen molar-refractivity contribution in [2.75, 3.05) is 23.3 Å². The Morgan fingerprint density at radius 1 is 1.32 bits per heavy atom. The van der Waals surface area contributed by atoms with E-state index in [9.17, 15) is 4.79 Å². The third kappa shape index (κ3) is 3.63. The van der Waals surface area contributed by atoms with Gasteiger partial charge in [-0.2, -0.15) is 0 Å². The number of piperidine rings is 1. The molecule has 1 aromatic carbocycles. The van der Waals surface area contributed by atoms with E-state index in [4.69, 9.17) is 11.6 Å². The maximum atomic E-state index is 11.8. The van der Waals surface area contributed by atoms with Crippen molar-refractivity contribution in [2.45, 2.75) is 38.5 Å². The van der Waals surface area contributed by atoms with Gasteiger partial charge >= 0.3 is 0 Å². The third-order valence-electron chi connectivity index (χ3n) is 3.47. The van der Waals surface area contributed by atoms with E-state index in [1.165, 1.54) is 19.3 Å². The monoisotopic (exact) mass is 280 g/mol. The molecule has 1 amide bonds. The summed E-state index contributed by atoms with van der Waals surface area (Å²) in [6.45, 7) is 5.83. The van der Waals surface area contributed by atoms with Crippen molar-refractivity contribution in [3.05, 3.63) is 23.8 Å². The van der Waals surface area contributed by atoms with E-state index < -0.39 is 5.38 Å². The van der Waals surface area contributed by atoms with Crippen LogP contribution in [0.5, 0.6) is 0 Å². The molecule has 1 saturated heterocycles. The van der Waals surface area contributed by atoms with Gasteiger partial charge in [-0.3, -0.25) is 4.79 Å². The van der Waals surface area contributed by atoms with Gasteiger partial charge in [-0.25, -0.2) is 0 Å². The Hall–Kier alpha value is -1.22. The standard InChI is InChI=1S/C15H21ClN2O/c1-11-6-7-14(18-8-4-3-5-9-18)13(10-11)17-15(19)12(2)16/h6-7,10,12H,3-5,8-9H2,1-2H3,(H,17,19). The van der Waals surface area contributed by atoms with E-state index >= 15 is 0 Å². The lowest BCUT2D eigenvalue weighted by molar-refractivity contribution is -0.115. The minimum Gasteiger partial charge on any atom is -0.370 e. The second-order valence-corrected chi connectivity index (χ2v) is 5.83. The summed E-state index contributed by atoms with van der Waals surface area (Å²) in [5.74, 6) is -0.148. The average molecular weight is 281 g/mol. The molecule has 3 nitrogen and oxygen atoms in total. The van der Waals surface area contributed by atoms with E-state index in [-0.39, 0.29) is 5.91 Å². The summed E-state index contributed by atoms with van der Waals surface area (Å²) in [5, 5.41) is 2.42. The summed E-state index contributed by atoms with van der Waals surface area (Å²) in [5.41, 5.74) is 3.12. The summed E-state index contributed by atoms with van der Waals surface area (Å²) in [6, 6.07) is 6.19. The second-order valence-electron chi connectivity index (χ2n) is 5.17. The number of hydrogen-bond donors (Lipinski definition) is 1. The molecule has 0 aromatic heterocycles. The molecule has 0 saturated carbocycles. The highest BCUT2D eigenvalue weighted by Crippen LogP contribution is 2.29. The van der Waals surface area contributed by atoms with Gasteiger partial charge < -0.3 is 10.2 Å². The van der Waals surface area contributed by atoms with Gasteiger partial charge in [0.1, 0.15) is 5.38 Å². The largest absolute Gasteiger partial charge is 0.370 e. The van der Waals surface area contributed by atoms with E-state index in [0.29, 0.717) is 0 Å². The van der Waals surface area contributed by atoms with Gasteiger partial charge in [-0.05, 0) is 50.8 Å². The molecule has 1 aliphatic heterocycles. The van der Waals surface area contributed by atoms with E-state index in [1.807, 2.05) is 13.0 Å². The summed E-state index contributed by atoms with van der Waals surface area (Å²) in [4.78, 5) is 14.1. The van der Waals surface area contributed by atoms with Crippen molar-refractivity contribution in [1.29, 1.82) is 0 Å². The summed E-state index contributed by atoms with van der Waals surface area (Å²) >= 11 is 5.83. The highest BCUT2D eigenvalue weighted by molar-refractivity contribution is 6.32. The van der Waals surface area contributed by atoms with Crippen molar-refractivity contribution in [3.8, 4) is 0 Å². The number of benzene rings is 1. The lowest BCUT2D eigenvalue weighted by Gasteiger charge is -2.30. The first kappa shape index (κ1) is 14.2. The Kier molecular flexibility index (Phi) is 4.70. The SMILES string of the molecule is Cc1ccc(N2CCCCC2)c(NC(=O)C(C)Cl)c1. The molecule has 0 bridgehead atoms. The fraction of sp³-hybridized carbons (Fsp3) is 0.533. The molecule has 1 heterocycles. The molecule has 19 heavy (non-hydrogen) atoms. The van der Waals surface area contributed by atoms with Gasteiger partial charge in [-0.1, -0.05) is 6.07 Å². The van der Waals surface area contributed by atoms with Crippen LogP contribution in [0.3, 0.4) is 0 Å². The van der Waals surface area contributed by atoms with Crippen LogP contribution in [-0.4, -0.2) is 24.4 Å². The average Bonchev–Trinajstić information content (AvgIpc) is 2.39. The normalized spacial score (nSPS) is 17.1. The number of amides is 1. The number of nitrogens with zero attached hydrogens (tertiary/aromatic N) is 1.